The van der Waals surface area contributed by atoms with E-state index in [1.165, 1.54) is 6.33 Å². The summed E-state index contributed by atoms with van der Waals surface area (Å²) in [5.74, 6) is 1.86. The molecule has 6 heteroatoms. The molecule has 0 saturated carbocycles. The summed E-state index contributed by atoms with van der Waals surface area (Å²) >= 11 is 2.24. The van der Waals surface area contributed by atoms with Gasteiger partial charge in [0.25, 0.3) is 5.78 Å². The number of halogens is 1. The van der Waals surface area contributed by atoms with Crippen molar-refractivity contribution in [3.8, 4) is 22.9 Å². The normalized spacial score (nSPS) is 10.8. The summed E-state index contributed by atoms with van der Waals surface area (Å²) in [6, 6.07) is 19.6. The lowest BCUT2D eigenvalue weighted by atomic mass is 10.1. The standard InChI is InChI=1S/C17H11IN4O/c18-13-8-4-5-9-15(13)23-16-10-14(12-6-2-1-3-7-12)21-17-19-11-20-22(16)17/h1-11H. The molecule has 112 valence electrons. The number of para-hydroxylation sites is 1. The number of nitrogens with zero attached hydrogens (tertiary/aromatic N) is 4. The van der Waals surface area contributed by atoms with E-state index in [0.717, 1.165) is 20.6 Å². The first kappa shape index (κ1) is 14.1. The van der Waals surface area contributed by atoms with Gasteiger partial charge in [0.15, 0.2) is 0 Å². The first-order chi connectivity index (χ1) is 11.3. The lowest BCUT2D eigenvalue weighted by molar-refractivity contribution is 0.443. The molecule has 0 fully saturated rings. The van der Waals surface area contributed by atoms with Crippen LogP contribution < -0.4 is 4.74 Å². The Bertz CT molecular complexity index is 969. The van der Waals surface area contributed by atoms with E-state index < -0.39 is 0 Å². The topological polar surface area (TPSA) is 52.3 Å². The van der Waals surface area contributed by atoms with Crippen LogP contribution >= 0.6 is 22.6 Å². The second kappa shape index (κ2) is 5.96. The quantitative estimate of drug-likeness (QED) is 0.472. The lowest BCUT2D eigenvalue weighted by Crippen LogP contribution is -2.00. The van der Waals surface area contributed by atoms with Crippen molar-refractivity contribution in [2.24, 2.45) is 0 Å². The van der Waals surface area contributed by atoms with E-state index in [9.17, 15) is 0 Å². The molecule has 2 heterocycles. The van der Waals surface area contributed by atoms with Gasteiger partial charge in [-0.3, -0.25) is 0 Å². The third-order valence-electron chi connectivity index (χ3n) is 3.34. The average molecular weight is 414 g/mol. The van der Waals surface area contributed by atoms with Gasteiger partial charge in [0.1, 0.15) is 12.1 Å². The maximum absolute atomic E-state index is 6.06. The van der Waals surface area contributed by atoms with Gasteiger partial charge < -0.3 is 4.74 Å². The fraction of sp³-hybridized carbons (Fsp3) is 0. The van der Waals surface area contributed by atoms with Crippen LogP contribution in [0.1, 0.15) is 0 Å². The molecule has 2 aromatic heterocycles. The van der Waals surface area contributed by atoms with Gasteiger partial charge in [0, 0.05) is 11.6 Å². The number of ether oxygens (including phenoxy) is 1. The number of aromatic nitrogens is 4. The Kier molecular flexibility index (Phi) is 3.66. The third-order valence-corrected chi connectivity index (χ3v) is 4.23. The van der Waals surface area contributed by atoms with Gasteiger partial charge in [-0.15, -0.1) is 0 Å². The highest BCUT2D eigenvalue weighted by Crippen LogP contribution is 2.29. The second-order valence-electron chi connectivity index (χ2n) is 4.85. The SMILES string of the molecule is Ic1ccccc1Oc1cc(-c2ccccc2)nc2ncnn12. The van der Waals surface area contributed by atoms with Crippen LogP contribution in [0.2, 0.25) is 0 Å². The molecule has 0 unspecified atom stereocenters. The van der Waals surface area contributed by atoms with Crippen molar-refractivity contribution in [1.82, 2.24) is 19.6 Å². The Morgan fingerprint density at radius 3 is 2.57 bits per heavy atom. The van der Waals surface area contributed by atoms with Crippen LogP contribution in [-0.4, -0.2) is 19.6 Å². The number of hydrogen-bond donors (Lipinski definition) is 0. The highest BCUT2D eigenvalue weighted by molar-refractivity contribution is 14.1. The van der Waals surface area contributed by atoms with Crippen LogP contribution in [0, 0.1) is 3.57 Å². The van der Waals surface area contributed by atoms with Crippen molar-refractivity contribution >= 4 is 28.4 Å². The van der Waals surface area contributed by atoms with Gasteiger partial charge in [0.05, 0.1) is 9.26 Å². The van der Waals surface area contributed by atoms with Crippen LogP contribution in [0.25, 0.3) is 17.0 Å². The Morgan fingerprint density at radius 2 is 1.74 bits per heavy atom. The van der Waals surface area contributed by atoms with Crippen molar-refractivity contribution in [3.05, 3.63) is 70.6 Å². The minimum Gasteiger partial charge on any atom is -0.438 e. The molecular weight excluding hydrogens is 403 g/mol. The molecule has 2 aromatic carbocycles. The van der Waals surface area contributed by atoms with Crippen LogP contribution in [-0.2, 0) is 0 Å². The highest BCUT2D eigenvalue weighted by atomic mass is 127. The summed E-state index contributed by atoms with van der Waals surface area (Å²) in [5, 5.41) is 4.19. The molecule has 0 aliphatic heterocycles. The Balaban J connectivity index is 1.85. The molecule has 4 rings (SSSR count). The first-order valence-corrected chi connectivity index (χ1v) is 8.08. The third kappa shape index (κ3) is 2.77. The Morgan fingerprint density at radius 1 is 0.957 bits per heavy atom. The van der Waals surface area contributed by atoms with Crippen molar-refractivity contribution in [2.45, 2.75) is 0 Å². The summed E-state index contributed by atoms with van der Waals surface area (Å²) in [6.45, 7) is 0. The molecule has 0 saturated heterocycles. The summed E-state index contributed by atoms with van der Waals surface area (Å²) < 4.78 is 8.67. The zero-order valence-electron chi connectivity index (χ0n) is 11.9. The van der Waals surface area contributed by atoms with E-state index in [1.54, 1.807) is 4.52 Å². The second-order valence-corrected chi connectivity index (χ2v) is 6.01. The highest BCUT2D eigenvalue weighted by Gasteiger charge is 2.12. The molecule has 0 spiro atoms. The van der Waals surface area contributed by atoms with Gasteiger partial charge in [-0.2, -0.15) is 14.6 Å². The molecule has 0 N–H and O–H groups in total. The molecule has 0 bridgehead atoms. The zero-order chi connectivity index (χ0) is 15.6. The van der Waals surface area contributed by atoms with Crippen LogP contribution in [0.4, 0.5) is 0 Å². The molecule has 0 aliphatic carbocycles. The van der Waals surface area contributed by atoms with E-state index in [2.05, 4.69) is 37.7 Å². The van der Waals surface area contributed by atoms with Gasteiger partial charge >= 0.3 is 0 Å². The van der Waals surface area contributed by atoms with Crippen molar-refractivity contribution in [3.63, 3.8) is 0 Å². The molecule has 23 heavy (non-hydrogen) atoms. The van der Waals surface area contributed by atoms with E-state index >= 15 is 0 Å². The largest absolute Gasteiger partial charge is 0.438 e. The molecule has 0 amide bonds. The lowest BCUT2D eigenvalue weighted by Gasteiger charge is -2.10. The summed E-state index contributed by atoms with van der Waals surface area (Å²) in [6.07, 6.45) is 1.47. The molecule has 0 aliphatic rings. The number of hydrogen-bond acceptors (Lipinski definition) is 4. The number of benzene rings is 2. The van der Waals surface area contributed by atoms with E-state index in [4.69, 9.17) is 4.74 Å². The molecule has 0 radical (unpaired) electrons. The maximum Gasteiger partial charge on any atom is 0.255 e. The summed E-state index contributed by atoms with van der Waals surface area (Å²) in [5.41, 5.74) is 1.80. The molecule has 0 atom stereocenters. The monoisotopic (exact) mass is 414 g/mol. The van der Waals surface area contributed by atoms with Crippen LogP contribution in [0.15, 0.2) is 67.0 Å². The summed E-state index contributed by atoms with van der Waals surface area (Å²) in [7, 11) is 0. The van der Waals surface area contributed by atoms with E-state index in [0.29, 0.717) is 11.7 Å². The molecular formula is C17H11IN4O. The van der Waals surface area contributed by atoms with Gasteiger partial charge in [0.2, 0.25) is 5.88 Å². The Hall–Kier alpha value is -2.48. The minimum absolute atomic E-state index is 0.507. The average Bonchev–Trinajstić information content (AvgIpc) is 3.06. The van der Waals surface area contributed by atoms with E-state index in [-0.39, 0.29) is 0 Å². The first-order valence-electron chi connectivity index (χ1n) is 7.00. The number of rotatable bonds is 3. The zero-order valence-corrected chi connectivity index (χ0v) is 14.1. The van der Waals surface area contributed by atoms with Crippen molar-refractivity contribution in [1.29, 1.82) is 0 Å². The van der Waals surface area contributed by atoms with E-state index in [1.807, 2.05) is 60.7 Å². The molecule has 5 nitrogen and oxygen atoms in total. The van der Waals surface area contributed by atoms with Gasteiger partial charge in [-0.05, 0) is 34.7 Å². The van der Waals surface area contributed by atoms with Crippen LogP contribution in [0.5, 0.6) is 11.6 Å². The predicted molar refractivity (Wildman–Crippen MR) is 95.5 cm³/mol. The molecule has 4 aromatic rings. The fourth-order valence-electron chi connectivity index (χ4n) is 2.25. The summed E-state index contributed by atoms with van der Waals surface area (Å²) in [4.78, 5) is 8.73. The van der Waals surface area contributed by atoms with Gasteiger partial charge in [-0.1, -0.05) is 42.5 Å². The van der Waals surface area contributed by atoms with Crippen molar-refractivity contribution < 1.29 is 4.74 Å². The fourth-order valence-corrected chi connectivity index (χ4v) is 2.75. The smallest absolute Gasteiger partial charge is 0.255 e. The Labute approximate surface area is 146 Å². The maximum atomic E-state index is 6.06. The van der Waals surface area contributed by atoms with Crippen molar-refractivity contribution in [2.75, 3.05) is 0 Å². The van der Waals surface area contributed by atoms with Gasteiger partial charge in [-0.25, -0.2) is 4.98 Å². The van der Waals surface area contributed by atoms with Crippen LogP contribution in [0.3, 0.4) is 0 Å². The predicted octanol–water partition coefficient (Wildman–Crippen LogP) is 4.19. The number of fused-ring (bicyclic) bond motifs is 1. The minimum atomic E-state index is 0.507.